The fraction of sp³-hybridized carbons (Fsp3) is 0.0455. The number of aliphatic carboxylic acids is 1. The van der Waals surface area contributed by atoms with Crippen molar-refractivity contribution in [3.8, 4) is 0 Å². The lowest BCUT2D eigenvalue weighted by Crippen LogP contribution is -2.21. The summed E-state index contributed by atoms with van der Waals surface area (Å²) in [5.74, 6) is -4.12. The number of carbonyl (C=O) groups excluding carboxylic acids is 1. The maximum absolute atomic E-state index is 12.3. The third-order valence-electron chi connectivity index (χ3n) is 4.34. The van der Waals surface area contributed by atoms with Crippen LogP contribution >= 0.6 is 35.0 Å². The molecule has 0 spiro atoms. The summed E-state index contributed by atoms with van der Waals surface area (Å²) < 4.78 is 31.7. The van der Waals surface area contributed by atoms with E-state index in [0.717, 1.165) is 11.8 Å². The number of para-hydroxylation sites is 1. The van der Waals surface area contributed by atoms with Crippen LogP contribution in [0.2, 0.25) is 10.0 Å². The quantitative estimate of drug-likeness (QED) is 0.349. The average molecular weight is 558 g/mol. The number of benzene rings is 2. The summed E-state index contributed by atoms with van der Waals surface area (Å²) in [6.45, 7) is 0. The molecule has 0 aliphatic carbocycles. The SMILES string of the molecule is O=C(O)C(F)(F)F.O=C1NC(=Nc2c(Cl)cccc2Cl)SC1=Cc1ccc2nccc(C(=O)O)c2c1. The number of aromatic nitrogens is 1. The third-order valence-corrected chi connectivity index (χ3v) is 5.86. The number of carboxylic acid groups (broad SMARTS) is 2. The molecule has 2 heterocycles. The molecule has 1 aromatic heterocycles. The van der Waals surface area contributed by atoms with Gasteiger partial charge in [0.25, 0.3) is 5.91 Å². The molecule has 4 rings (SSSR count). The molecule has 1 aliphatic rings. The highest BCUT2D eigenvalue weighted by Crippen LogP contribution is 2.35. The second kappa shape index (κ2) is 11.0. The van der Waals surface area contributed by atoms with Crippen molar-refractivity contribution in [3.63, 3.8) is 0 Å². The number of alkyl halides is 3. The normalized spacial score (nSPS) is 15.5. The molecule has 1 aliphatic heterocycles. The molecule has 0 saturated carbocycles. The maximum atomic E-state index is 12.3. The molecule has 3 aromatic rings. The van der Waals surface area contributed by atoms with Crippen LogP contribution in [0.4, 0.5) is 18.9 Å². The number of pyridine rings is 1. The number of nitrogens with zero attached hydrogens (tertiary/aromatic N) is 2. The van der Waals surface area contributed by atoms with Gasteiger partial charge in [0, 0.05) is 11.6 Å². The number of nitrogens with one attached hydrogen (secondary N) is 1. The van der Waals surface area contributed by atoms with Crippen LogP contribution in [0, 0.1) is 0 Å². The van der Waals surface area contributed by atoms with Crippen molar-refractivity contribution in [2.75, 3.05) is 0 Å². The molecule has 8 nitrogen and oxygen atoms in total. The first-order valence-corrected chi connectivity index (χ1v) is 11.1. The molecule has 36 heavy (non-hydrogen) atoms. The van der Waals surface area contributed by atoms with Crippen molar-refractivity contribution >= 4 is 80.6 Å². The van der Waals surface area contributed by atoms with Gasteiger partial charge in [0.15, 0.2) is 5.17 Å². The van der Waals surface area contributed by atoms with Gasteiger partial charge in [-0.05, 0) is 53.7 Å². The Morgan fingerprint density at radius 3 is 2.31 bits per heavy atom. The summed E-state index contributed by atoms with van der Waals surface area (Å²) in [6.07, 6.45) is -1.97. The number of thioether (sulfide) groups is 1. The first-order valence-electron chi connectivity index (χ1n) is 9.52. The van der Waals surface area contributed by atoms with Crippen LogP contribution < -0.4 is 5.32 Å². The predicted molar refractivity (Wildman–Crippen MR) is 130 cm³/mol. The van der Waals surface area contributed by atoms with Crippen molar-refractivity contribution in [1.82, 2.24) is 10.3 Å². The van der Waals surface area contributed by atoms with Gasteiger partial charge in [0.1, 0.15) is 5.69 Å². The minimum Gasteiger partial charge on any atom is -0.478 e. The number of rotatable bonds is 3. The van der Waals surface area contributed by atoms with Gasteiger partial charge < -0.3 is 15.5 Å². The Morgan fingerprint density at radius 1 is 1.08 bits per heavy atom. The molecule has 186 valence electrons. The van der Waals surface area contributed by atoms with Crippen molar-refractivity contribution in [3.05, 3.63) is 74.7 Å². The molecular formula is C22H12Cl2F3N3O5S. The highest BCUT2D eigenvalue weighted by Gasteiger charge is 2.38. The highest BCUT2D eigenvalue weighted by atomic mass is 35.5. The zero-order chi connectivity index (χ0) is 26.6. The van der Waals surface area contributed by atoms with Crippen LogP contribution in [-0.4, -0.2) is 44.4 Å². The van der Waals surface area contributed by atoms with E-state index >= 15 is 0 Å². The lowest BCUT2D eigenvalue weighted by molar-refractivity contribution is -0.192. The average Bonchev–Trinajstić information content (AvgIpc) is 3.14. The Morgan fingerprint density at radius 2 is 1.72 bits per heavy atom. The van der Waals surface area contributed by atoms with Crippen LogP contribution in [0.3, 0.4) is 0 Å². The maximum Gasteiger partial charge on any atom is 0.490 e. The largest absolute Gasteiger partial charge is 0.490 e. The van der Waals surface area contributed by atoms with Gasteiger partial charge in [-0.2, -0.15) is 13.2 Å². The molecule has 1 fully saturated rings. The number of amidine groups is 1. The fourth-order valence-electron chi connectivity index (χ4n) is 2.77. The smallest absolute Gasteiger partial charge is 0.478 e. The van der Waals surface area contributed by atoms with Gasteiger partial charge in [0.05, 0.1) is 26.0 Å². The molecule has 2 aromatic carbocycles. The second-order valence-electron chi connectivity index (χ2n) is 6.80. The summed E-state index contributed by atoms with van der Waals surface area (Å²) in [7, 11) is 0. The monoisotopic (exact) mass is 557 g/mol. The predicted octanol–water partition coefficient (Wildman–Crippen LogP) is 5.76. The molecule has 1 saturated heterocycles. The van der Waals surface area contributed by atoms with Crippen LogP contribution in [0.5, 0.6) is 0 Å². The first-order chi connectivity index (χ1) is 16.9. The van der Waals surface area contributed by atoms with Crippen molar-refractivity contribution < 1.29 is 37.8 Å². The number of hydrogen-bond donors (Lipinski definition) is 3. The topological polar surface area (TPSA) is 129 Å². The van der Waals surface area contributed by atoms with Crippen LogP contribution in [0.1, 0.15) is 15.9 Å². The summed E-state index contributed by atoms with van der Waals surface area (Å²) in [5, 5.41) is 20.8. The highest BCUT2D eigenvalue weighted by molar-refractivity contribution is 8.18. The Bertz CT molecular complexity index is 1420. The Balaban J connectivity index is 0.000000454. The summed E-state index contributed by atoms with van der Waals surface area (Å²) in [6, 6.07) is 11.6. The lowest BCUT2D eigenvalue weighted by Gasteiger charge is -2.03. The molecule has 0 radical (unpaired) electrons. The number of aliphatic imine (C=N–C) groups is 1. The Hall–Kier alpha value is -3.61. The standard InChI is InChI=1S/C20H11Cl2N3O3S.C2HF3O2/c21-13-2-1-3-14(22)17(13)24-20-25-18(26)16(29-20)9-10-4-5-15-12(8-10)11(19(27)28)6-7-23-15;3-2(4,5)1(6)7/h1-9H,(H,27,28)(H,24,25,26);(H,6,7). The van der Waals surface area contributed by atoms with Gasteiger partial charge in [-0.15, -0.1) is 0 Å². The number of carbonyl (C=O) groups is 3. The molecule has 0 atom stereocenters. The van der Waals surface area contributed by atoms with E-state index in [4.69, 9.17) is 33.1 Å². The van der Waals surface area contributed by atoms with E-state index in [-0.39, 0.29) is 11.5 Å². The van der Waals surface area contributed by atoms with E-state index in [0.29, 0.717) is 42.3 Å². The van der Waals surface area contributed by atoms with Crippen molar-refractivity contribution in [2.24, 2.45) is 4.99 Å². The van der Waals surface area contributed by atoms with Crippen LogP contribution in [0.15, 0.2) is 58.6 Å². The second-order valence-corrected chi connectivity index (χ2v) is 8.64. The van der Waals surface area contributed by atoms with Gasteiger partial charge in [-0.25, -0.2) is 14.6 Å². The number of aromatic carboxylic acids is 1. The van der Waals surface area contributed by atoms with Gasteiger partial charge in [-0.1, -0.05) is 35.3 Å². The van der Waals surface area contributed by atoms with Crippen molar-refractivity contribution in [2.45, 2.75) is 6.18 Å². The number of carboxylic acids is 2. The Kier molecular flexibility index (Phi) is 8.23. The van der Waals surface area contributed by atoms with Gasteiger partial charge in [0.2, 0.25) is 0 Å². The van der Waals surface area contributed by atoms with E-state index in [9.17, 15) is 27.9 Å². The lowest BCUT2D eigenvalue weighted by atomic mass is 10.1. The number of halogens is 5. The Labute approximate surface area is 214 Å². The summed E-state index contributed by atoms with van der Waals surface area (Å²) >= 11 is 13.4. The van der Waals surface area contributed by atoms with Crippen LogP contribution in [0.25, 0.3) is 17.0 Å². The van der Waals surface area contributed by atoms with Gasteiger partial charge >= 0.3 is 18.1 Å². The third kappa shape index (κ3) is 6.53. The molecule has 1 amide bonds. The zero-order valence-electron chi connectivity index (χ0n) is 17.5. The van der Waals surface area contributed by atoms with E-state index in [1.165, 1.54) is 12.3 Å². The first kappa shape index (κ1) is 27.0. The van der Waals surface area contributed by atoms with E-state index < -0.39 is 18.1 Å². The number of fused-ring (bicyclic) bond motifs is 1. The molecule has 0 unspecified atom stereocenters. The summed E-state index contributed by atoms with van der Waals surface area (Å²) in [4.78, 5) is 41.6. The molecule has 3 N–H and O–H groups in total. The van der Waals surface area contributed by atoms with E-state index in [2.05, 4.69) is 15.3 Å². The minimum absolute atomic E-state index is 0.148. The fourth-order valence-corrected chi connectivity index (χ4v) is 4.08. The van der Waals surface area contributed by atoms with Gasteiger partial charge in [-0.3, -0.25) is 9.78 Å². The van der Waals surface area contributed by atoms with E-state index in [1.807, 2.05) is 0 Å². The molecule has 14 heteroatoms. The zero-order valence-corrected chi connectivity index (χ0v) is 19.8. The molecule has 0 bridgehead atoms. The number of amides is 1. The number of hydrogen-bond acceptors (Lipinski definition) is 6. The van der Waals surface area contributed by atoms with Crippen LogP contribution in [-0.2, 0) is 9.59 Å². The van der Waals surface area contributed by atoms with Crippen molar-refractivity contribution in [1.29, 1.82) is 0 Å². The molecular weight excluding hydrogens is 546 g/mol. The minimum atomic E-state index is -5.08. The van der Waals surface area contributed by atoms with E-state index in [1.54, 1.807) is 42.5 Å². The summed E-state index contributed by atoms with van der Waals surface area (Å²) in [5.41, 5.74) is 1.76.